The Morgan fingerprint density at radius 3 is 2.56 bits per heavy atom. The highest BCUT2D eigenvalue weighted by Crippen LogP contribution is 2.23. The molecule has 0 atom stereocenters. The average molecular weight is 361 g/mol. The molecule has 2 heterocycles. The third kappa shape index (κ3) is 3.77. The van der Waals surface area contributed by atoms with Crippen molar-refractivity contribution in [1.82, 2.24) is 15.0 Å². The highest BCUT2D eigenvalue weighted by Gasteiger charge is 2.08. The number of benzene rings is 2. The van der Waals surface area contributed by atoms with Crippen LogP contribution < -0.4 is 15.4 Å². The highest BCUT2D eigenvalue weighted by atomic mass is 19.1. The number of ether oxygens (including phenoxy) is 1. The fourth-order valence-corrected chi connectivity index (χ4v) is 2.61. The molecular formula is C20H16FN5O. The zero-order valence-corrected chi connectivity index (χ0v) is 14.5. The molecule has 0 aliphatic rings. The fraction of sp³-hybridized carbons (Fsp3) is 0.0500. The molecule has 0 spiro atoms. The van der Waals surface area contributed by atoms with Crippen LogP contribution in [0, 0.1) is 5.82 Å². The minimum absolute atomic E-state index is 0.0873. The number of anilines is 4. The van der Waals surface area contributed by atoms with Gasteiger partial charge in [0, 0.05) is 23.0 Å². The van der Waals surface area contributed by atoms with Crippen LogP contribution in [0.5, 0.6) is 5.75 Å². The Hall–Kier alpha value is -3.74. The number of halogens is 1. The number of hydrogen-bond donors (Lipinski definition) is 2. The van der Waals surface area contributed by atoms with E-state index in [0.717, 1.165) is 28.5 Å². The molecule has 0 unspecified atom stereocenters. The summed E-state index contributed by atoms with van der Waals surface area (Å²) >= 11 is 0. The number of aromatic nitrogens is 3. The van der Waals surface area contributed by atoms with Crippen LogP contribution in [0.2, 0.25) is 0 Å². The predicted octanol–water partition coefficient (Wildman–Crippen LogP) is 4.66. The van der Waals surface area contributed by atoms with Gasteiger partial charge in [-0.25, -0.2) is 9.37 Å². The smallest absolute Gasteiger partial charge is 0.229 e. The lowest BCUT2D eigenvalue weighted by molar-refractivity contribution is 0.415. The SMILES string of the molecule is COc1ccc(Nc2ncc(F)c(Nc3ccc4ncccc4c3)n2)cc1. The Balaban J connectivity index is 1.57. The van der Waals surface area contributed by atoms with Crippen molar-refractivity contribution in [2.45, 2.75) is 0 Å². The van der Waals surface area contributed by atoms with Crippen molar-refractivity contribution in [2.75, 3.05) is 17.7 Å². The van der Waals surface area contributed by atoms with Gasteiger partial charge in [0.1, 0.15) is 5.75 Å². The van der Waals surface area contributed by atoms with Crippen LogP contribution in [0.4, 0.5) is 27.5 Å². The van der Waals surface area contributed by atoms with E-state index in [1.807, 2.05) is 54.6 Å². The largest absolute Gasteiger partial charge is 0.497 e. The van der Waals surface area contributed by atoms with Gasteiger partial charge in [0.2, 0.25) is 5.95 Å². The van der Waals surface area contributed by atoms with Gasteiger partial charge in [-0.15, -0.1) is 0 Å². The third-order valence-electron chi connectivity index (χ3n) is 3.96. The molecule has 2 aromatic carbocycles. The second-order valence-corrected chi connectivity index (χ2v) is 5.78. The first kappa shape index (κ1) is 16.7. The maximum absolute atomic E-state index is 14.2. The molecule has 27 heavy (non-hydrogen) atoms. The van der Waals surface area contributed by atoms with Crippen LogP contribution in [0.3, 0.4) is 0 Å². The standard InChI is InChI=1S/C20H16FN5O/c1-27-16-7-4-14(5-8-16)25-20-23-12-17(21)19(26-20)24-15-6-9-18-13(11-15)3-2-10-22-18/h2-12H,1H3,(H2,23,24,25,26). The molecule has 4 rings (SSSR count). The van der Waals surface area contributed by atoms with Crippen molar-refractivity contribution in [3.8, 4) is 5.75 Å². The number of methoxy groups -OCH3 is 1. The summed E-state index contributed by atoms with van der Waals surface area (Å²) in [5, 5.41) is 6.99. The minimum Gasteiger partial charge on any atom is -0.497 e. The van der Waals surface area contributed by atoms with E-state index >= 15 is 0 Å². The van der Waals surface area contributed by atoms with Gasteiger partial charge in [-0.2, -0.15) is 4.98 Å². The molecule has 7 heteroatoms. The molecule has 2 aromatic heterocycles. The summed E-state index contributed by atoms with van der Waals surface area (Å²) in [6, 6.07) is 16.7. The lowest BCUT2D eigenvalue weighted by Crippen LogP contribution is -2.03. The molecule has 0 saturated carbocycles. The molecule has 2 N–H and O–H groups in total. The summed E-state index contributed by atoms with van der Waals surface area (Å²) < 4.78 is 19.3. The Kier molecular flexibility index (Phi) is 4.49. The van der Waals surface area contributed by atoms with Crippen LogP contribution in [0.25, 0.3) is 10.9 Å². The molecule has 134 valence electrons. The van der Waals surface area contributed by atoms with Gasteiger partial charge >= 0.3 is 0 Å². The van der Waals surface area contributed by atoms with Crippen LogP contribution in [0.15, 0.2) is 67.0 Å². The molecule has 0 saturated heterocycles. The van der Waals surface area contributed by atoms with Gasteiger partial charge in [-0.05, 0) is 48.5 Å². The van der Waals surface area contributed by atoms with E-state index in [2.05, 4.69) is 25.6 Å². The second kappa shape index (κ2) is 7.25. The number of pyridine rings is 1. The fourth-order valence-electron chi connectivity index (χ4n) is 2.61. The molecule has 0 aliphatic heterocycles. The van der Waals surface area contributed by atoms with Crippen LogP contribution >= 0.6 is 0 Å². The molecule has 0 amide bonds. The van der Waals surface area contributed by atoms with Gasteiger partial charge in [-0.3, -0.25) is 4.98 Å². The van der Waals surface area contributed by atoms with Gasteiger partial charge in [0.15, 0.2) is 11.6 Å². The average Bonchev–Trinajstić information content (AvgIpc) is 2.71. The predicted molar refractivity (Wildman–Crippen MR) is 103 cm³/mol. The van der Waals surface area contributed by atoms with E-state index in [-0.39, 0.29) is 11.8 Å². The quantitative estimate of drug-likeness (QED) is 0.539. The summed E-state index contributed by atoms with van der Waals surface area (Å²) in [5.74, 6) is 0.575. The van der Waals surface area contributed by atoms with Crippen molar-refractivity contribution in [1.29, 1.82) is 0 Å². The first-order chi connectivity index (χ1) is 13.2. The highest BCUT2D eigenvalue weighted by molar-refractivity contribution is 5.83. The van der Waals surface area contributed by atoms with Crippen molar-refractivity contribution >= 4 is 34.0 Å². The van der Waals surface area contributed by atoms with Gasteiger partial charge in [-0.1, -0.05) is 6.07 Å². The number of nitrogens with one attached hydrogen (secondary N) is 2. The van der Waals surface area contributed by atoms with Crippen molar-refractivity contribution in [3.05, 3.63) is 72.8 Å². The number of fused-ring (bicyclic) bond motifs is 1. The van der Waals surface area contributed by atoms with Crippen molar-refractivity contribution in [2.24, 2.45) is 0 Å². The normalized spacial score (nSPS) is 10.6. The van der Waals surface area contributed by atoms with Crippen molar-refractivity contribution in [3.63, 3.8) is 0 Å². The minimum atomic E-state index is -0.540. The summed E-state index contributed by atoms with van der Waals surface area (Å²) in [6.07, 6.45) is 2.86. The van der Waals surface area contributed by atoms with E-state index < -0.39 is 5.82 Å². The Morgan fingerprint density at radius 1 is 0.926 bits per heavy atom. The zero-order valence-electron chi connectivity index (χ0n) is 14.5. The summed E-state index contributed by atoms with van der Waals surface area (Å²) in [4.78, 5) is 12.5. The van der Waals surface area contributed by atoms with Gasteiger partial charge in [0.05, 0.1) is 18.8 Å². The van der Waals surface area contributed by atoms with Crippen LogP contribution in [-0.4, -0.2) is 22.1 Å². The van der Waals surface area contributed by atoms with Crippen LogP contribution in [0.1, 0.15) is 0 Å². The maximum atomic E-state index is 14.2. The lowest BCUT2D eigenvalue weighted by atomic mass is 10.2. The summed E-state index contributed by atoms with van der Waals surface area (Å²) in [6.45, 7) is 0. The number of hydrogen-bond acceptors (Lipinski definition) is 6. The first-order valence-electron chi connectivity index (χ1n) is 8.27. The molecule has 0 bridgehead atoms. The number of nitrogens with zero attached hydrogens (tertiary/aromatic N) is 3. The molecule has 6 nitrogen and oxygen atoms in total. The van der Waals surface area contributed by atoms with E-state index in [9.17, 15) is 4.39 Å². The first-order valence-corrected chi connectivity index (χ1v) is 8.27. The second-order valence-electron chi connectivity index (χ2n) is 5.78. The van der Waals surface area contributed by atoms with Gasteiger partial charge in [0.25, 0.3) is 0 Å². The Morgan fingerprint density at radius 2 is 1.74 bits per heavy atom. The molecular weight excluding hydrogens is 345 g/mol. The molecule has 0 fully saturated rings. The molecule has 4 aromatic rings. The van der Waals surface area contributed by atoms with E-state index in [1.54, 1.807) is 13.3 Å². The zero-order chi connectivity index (χ0) is 18.6. The lowest BCUT2D eigenvalue weighted by Gasteiger charge is -2.10. The molecule has 0 radical (unpaired) electrons. The van der Waals surface area contributed by atoms with Crippen molar-refractivity contribution < 1.29 is 9.13 Å². The van der Waals surface area contributed by atoms with Crippen LogP contribution in [-0.2, 0) is 0 Å². The topological polar surface area (TPSA) is 72.0 Å². The Labute approximate surface area is 155 Å². The number of rotatable bonds is 5. The molecule has 0 aliphatic carbocycles. The monoisotopic (exact) mass is 361 g/mol. The van der Waals surface area contributed by atoms with E-state index in [4.69, 9.17) is 4.74 Å². The van der Waals surface area contributed by atoms with E-state index in [1.165, 1.54) is 0 Å². The third-order valence-corrected chi connectivity index (χ3v) is 3.96. The summed E-state index contributed by atoms with van der Waals surface area (Å²) in [7, 11) is 1.60. The van der Waals surface area contributed by atoms with Gasteiger partial charge < -0.3 is 15.4 Å². The van der Waals surface area contributed by atoms with E-state index in [0.29, 0.717) is 5.69 Å². The maximum Gasteiger partial charge on any atom is 0.229 e. The summed E-state index contributed by atoms with van der Waals surface area (Å²) in [5.41, 5.74) is 2.35. The Bertz CT molecular complexity index is 1090.